The summed E-state index contributed by atoms with van der Waals surface area (Å²) in [5, 5.41) is 15.4. The molecule has 0 fully saturated rings. The minimum absolute atomic E-state index is 0.296. The topological polar surface area (TPSA) is 96.3 Å². The third-order valence-electron chi connectivity index (χ3n) is 2.97. The minimum Gasteiger partial charge on any atom is -0.320 e. The van der Waals surface area contributed by atoms with Crippen molar-refractivity contribution in [3.05, 3.63) is 53.4 Å². The van der Waals surface area contributed by atoms with Gasteiger partial charge in [-0.3, -0.25) is 19.5 Å². The molecule has 0 radical (unpaired) electrons. The van der Waals surface area contributed by atoms with Crippen LogP contribution in [0.5, 0.6) is 0 Å². The van der Waals surface area contributed by atoms with E-state index in [1.54, 1.807) is 44.3 Å². The van der Waals surface area contributed by atoms with Crippen LogP contribution in [0, 0.1) is 6.92 Å². The number of carbonyl (C=O) groups is 2. The van der Waals surface area contributed by atoms with Crippen molar-refractivity contribution in [3.63, 3.8) is 0 Å². The van der Waals surface area contributed by atoms with Crippen molar-refractivity contribution in [3.8, 4) is 0 Å². The molecule has 2 amide bonds. The zero-order valence-corrected chi connectivity index (χ0v) is 12.2. The maximum atomic E-state index is 12.3. The van der Waals surface area contributed by atoms with Crippen LogP contribution in [0.25, 0.3) is 6.08 Å². The number of rotatable bonds is 4. The summed E-state index contributed by atoms with van der Waals surface area (Å²) in [6.07, 6.45) is 2.66. The minimum atomic E-state index is -0.650. The fraction of sp³-hybridized carbons (Fsp3) is 0.133. The maximum absolute atomic E-state index is 12.3. The maximum Gasteiger partial charge on any atom is 0.273 e. The van der Waals surface area contributed by atoms with Crippen molar-refractivity contribution in [2.45, 2.75) is 6.92 Å². The fourth-order valence-corrected chi connectivity index (χ4v) is 1.97. The summed E-state index contributed by atoms with van der Waals surface area (Å²) in [5.41, 5.74) is 3.88. The number of para-hydroxylation sites is 1. The first-order valence-corrected chi connectivity index (χ1v) is 6.54. The first-order valence-electron chi connectivity index (χ1n) is 6.54. The molecule has 0 aliphatic heterocycles. The van der Waals surface area contributed by atoms with Gasteiger partial charge in [0, 0.05) is 18.8 Å². The molecular weight excluding hydrogens is 284 g/mol. The van der Waals surface area contributed by atoms with Gasteiger partial charge in [-0.05, 0) is 30.7 Å². The average Bonchev–Trinajstić information content (AvgIpc) is 2.84. The lowest BCUT2D eigenvalue weighted by atomic mass is 10.1. The van der Waals surface area contributed by atoms with Gasteiger partial charge in [-0.1, -0.05) is 18.2 Å². The molecule has 1 aromatic heterocycles. The number of aromatic nitrogens is 2. The highest BCUT2D eigenvalue weighted by atomic mass is 16.5. The largest absolute Gasteiger partial charge is 0.320 e. The average molecular weight is 300 g/mol. The number of carbonyl (C=O) groups excluding carboxylic acids is 2. The Morgan fingerprint density at radius 2 is 2.05 bits per heavy atom. The second-order valence-electron chi connectivity index (χ2n) is 4.65. The molecule has 114 valence electrons. The van der Waals surface area contributed by atoms with Crippen LogP contribution in [0.1, 0.15) is 21.7 Å². The Balaban J connectivity index is 2.23. The van der Waals surface area contributed by atoms with Crippen LogP contribution < -0.4 is 10.8 Å². The second kappa shape index (κ2) is 6.68. The highest BCUT2D eigenvalue weighted by Gasteiger charge is 2.13. The first-order chi connectivity index (χ1) is 10.5. The fourth-order valence-electron chi connectivity index (χ4n) is 1.97. The van der Waals surface area contributed by atoms with Crippen molar-refractivity contribution in [2.75, 3.05) is 5.32 Å². The van der Waals surface area contributed by atoms with E-state index in [0.29, 0.717) is 16.9 Å². The van der Waals surface area contributed by atoms with Crippen LogP contribution in [0.4, 0.5) is 5.69 Å². The van der Waals surface area contributed by atoms with E-state index in [0.717, 1.165) is 5.69 Å². The molecule has 1 aromatic carbocycles. The summed E-state index contributed by atoms with van der Waals surface area (Å²) in [7, 11) is 1.69. The smallest absolute Gasteiger partial charge is 0.273 e. The molecule has 2 rings (SSSR count). The van der Waals surface area contributed by atoms with Gasteiger partial charge in [0.2, 0.25) is 0 Å². The van der Waals surface area contributed by atoms with E-state index in [4.69, 9.17) is 5.21 Å². The van der Waals surface area contributed by atoms with Crippen molar-refractivity contribution < 1.29 is 14.8 Å². The lowest BCUT2D eigenvalue weighted by molar-refractivity contribution is -0.124. The molecular formula is C15H16N4O3. The summed E-state index contributed by atoms with van der Waals surface area (Å²) < 4.78 is 1.50. The third kappa shape index (κ3) is 3.58. The quantitative estimate of drug-likeness (QED) is 0.453. The van der Waals surface area contributed by atoms with E-state index in [1.807, 2.05) is 0 Å². The standard InChI is InChI=1S/C15H16N4O3/c1-10-9-13(19(2)17-10)15(21)16-12-6-4-3-5-11(12)7-8-14(20)18-22/h3-9,22H,1-2H3,(H,16,21)(H,18,20)/b8-7+. The highest BCUT2D eigenvalue weighted by Crippen LogP contribution is 2.18. The molecule has 2 aromatic rings. The zero-order chi connectivity index (χ0) is 16.1. The van der Waals surface area contributed by atoms with Gasteiger partial charge in [-0.15, -0.1) is 0 Å². The lowest BCUT2D eigenvalue weighted by Crippen LogP contribution is -2.17. The second-order valence-corrected chi connectivity index (χ2v) is 4.65. The highest BCUT2D eigenvalue weighted by molar-refractivity contribution is 6.04. The van der Waals surface area contributed by atoms with Gasteiger partial charge < -0.3 is 5.32 Å². The van der Waals surface area contributed by atoms with Gasteiger partial charge in [0.1, 0.15) is 5.69 Å². The number of amides is 2. The first kappa shape index (κ1) is 15.5. The van der Waals surface area contributed by atoms with Gasteiger partial charge in [-0.25, -0.2) is 5.48 Å². The molecule has 1 heterocycles. The van der Waals surface area contributed by atoms with Crippen LogP contribution in [-0.4, -0.2) is 26.8 Å². The monoisotopic (exact) mass is 300 g/mol. The summed E-state index contributed by atoms with van der Waals surface area (Å²) >= 11 is 0. The zero-order valence-electron chi connectivity index (χ0n) is 12.2. The summed E-state index contributed by atoms with van der Waals surface area (Å²) in [6.45, 7) is 1.81. The van der Waals surface area contributed by atoms with Gasteiger partial charge in [-0.2, -0.15) is 5.10 Å². The molecule has 0 bridgehead atoms. The molecule has 0 atom stereocenters. The predicted molar refractivity (Wildman–Crippen MR) is 81.3 cm³/mol. The number of hydrogen-bond donors (Lipinski definition) is 3. The van der Waals surface area contributed by atoms with Gasteiger partial charge in [0.25, 0.3) is 11.8 Å². The molecule has 0 saturated heterocycles. The molecule has 0 aliphatic rings. The van der Waals surface area contributed by atoms with Crippen LogP contribution in [0.3, 0.4) is 0 Å². The Morgan fingerprint density at radius 3 is 2.68 bits per heavy atom. The third-order valence-corrected chi connectivity index (χ3v) is 2.97. The van der Waals surface area contributed by atoms with E-state index >= 15 is 0 Å². The van der Waals surface area contributed by atoms with Crippen LogP contribution in [0.15, 0.2) is 36.4 Å². The number of benzene rings is 1. The number of hydrogen-bond acceptors (Lipinski definition) is 4. The van der Waals surface area contributed by atoms with Crippen LogP contribution >= 0.6 is 0 Å². The van der Waals surface area contributed by atoms with Crippen LogP contribution in [0.2, 0.25) is 0 Å². The number of hydroxylamine groups is 1. The van der Waals surface area contributed by atoms with Gasteiger partial charge in [0.05, 0.1) is 5.69 Å². The Bertz CT molecular complexity index is 734. The van der Waals surface area contributed by atoms with Crippen molar-refractivity contribution in [1.82, 2.24) is 15.3 Å². The Kier molecular flexibility index (Phi) is 4.70. The summed E-state index contributed by atoms with van der Waals surface area (Å²) in [5.74, 6) is -0.945. The van der Waals surface area contributed by atoms with E-state index in [9.17, 15) is 9.59 Å². The van der Waals surface area contributed by atoms with Gasteiger partial charge >= 0.3 is 0 Å². The van der Waals surface area contributed by atoms with Crippen molar-refractivity contribution in [2.24, 2.45) is 7.05 Å². The molecule has 0 unspecified atom stereocenters. The normalized spacial score (nSPS) is 10.7. The molecule has 22 heavy (non-hydrogen) atoms. The Morgan fingerprint density at radius 1 is 1.32 bits per heavy atom. The SMILES string of the molecule is Cc1cc(C(=O)Nc2ccccc2/C=C/C(=O)NO)n(C)n1. The van der Waals surface area contributed by atoms with Gasteiger partial charge in [0.15, 0.2) is 0 Å². The number of aryl methyl sites for hydroxylation is 2. The van der Waals surface area contributed by atoms with E-state index in [-0.39, 0.29) is 5.91 Å². The van der Waals surface area contributed by atoms with Crippen molar-refractivity contribution >= 4 is 23.6 Å². The molecule has 3 N–H and O–H groups in total. The van der Waals surface area contributed by atoms with E-state index < -0.39 is 5.91 Å². The lowest BCUT2D eigenvalue weighted by Gasteiger charge is -2.08. The summed E-state index contributed by atoms with van der Waals surface area (Å²) in [4.78, 5) is 23.3. The molecule has 7 nitrogen and oxygen atoms in total. The predicted octanol–water partition coefficient (Wildman–Crippen LogP) is 1.50. The van der Waals surface area contributed by atoms with Crippen LogP contribution in [-0.2, 0) is 11.8 Å². The van der Waals surface area contributed by atoms with E-state index in [1.165, 1.54) is 22.3 Å². The number of nitrogens with one attached hydrogen (secondary N) is 2. The molecule has 0 aliphatic carbocycles. The van der Waals surface area contributed by atoms with E-state index in [2.05, 4.69) is 10.4 Å². The Labute approximate surface area is 127 Å². The molecule has 0 saturated carbocycles. The number of nitrogens with zero attached hydrogens (tertiary/aromatic N) is 2. The molecule has 7 heteroatoms. The number of anilines is 1. The van der Waals surface area contributed by atoms with Crippen molar-refractivity contribution in [1.29, 1.82) is 0 Å². The Hall–Kier alpha value is -2.93. The summed E-state index contributed by atoms with van der Waals surface area (Å²) in [6, 6.07) is 8.70. The molecule has 0 spiro atoms.